The summed E-state index contributed by atoms with van der Waals surface area (Å²) in [6.07, 6.45) is 17.9. The molecule has 6 heterocycles. The van der Waals surface area contributed by atoms with Crippen LogP contribution in [0, 0.1) is 38.3 Å². The molecular weight excluding hydrogens is 1040 g/mol. The molecule has 3 aromatic carbocycles. The first-order valence-corrected chi connectivity index (χ1v) is 27.1. The maximum absolute atomic E-state index is 9.10. The minimum atomic E-state index is -0.0685. The number of hydrogen-bond donors (Lipinski definition) is 1. The quantitative estimate of drug-likeness (QED) is 0.0705. The number of piperazine rings is 2. The van der Waals surface area contributed by atoms with Crippen LogP contribution in [0.25, 0.3) is 33.2 Å². The van der Waals surface area contributed by atoms with Gasteiger partial charge in [0.05, 0.1) is 35.1 Å². The van der Waals surface area contributed by atoms with E-state index in [0.29, 0.717) is 42.7 Å². The molecule has 2 aliphatic heterocycles. The van der Waals surface area contributed by atoms with Gasteiger partial charge in [0, 0.05) is 120 Å². The molecule has 16 nitrogen and oxygen atoms in total. The molecule has 0 amide bonds. The summed E-state index contributed by atoms with van der Waals surface area (Å²) >= 11 is 14.6. The fraction of sp³-hybridized carbons (Fsp3) is 0.271. The summed E-state index contributed by atoms with van der Waals surface area (Å²) in [6, 6.07) is 29.8. The number of thioether (sulfide) groups is 1. The van der Waals surface area contributed by atoms with Gasteiger partial charge in [-0.05, 0) is 137 Å². The van der Waals surface area contributed by atoms with Crippen molar-refractivity contribution in [3.05, 3.63) is 217 Å². The van der Waals surface area contributed by atoms with E-state index in [4.69, 9.17) is 51.6 Å². The lowest BCUT2D eigenvalue weighted by atomic mass is 9.93. The van der Waals surface area contributed by atoms with Crippen molar-refractivity contribution in [2.75, 3.05) is 63.9 Å². The van der Waals surface area contributed by atoms with Crippen LogP contribution in [0.2, 0.25) is 10.0 Å². The summed E-state index contributed by atoms with van der Waals surface area (Å²) in [6.45, 7) is 26.0. The third-order valence-corrected chi connectivity index (χ3v) is 15.6. The van der Waals surface area contributed by atoms with E-state index in [1.54, 1.807) is 12.1 Å². The number of imidazole rings is 2. The van der Waals surface area contributed by atoms with Crippen LogP contribution in [-0.2, 0) is 13.1 Å². The third-order valence-electron chi connectivity index (χ3n) is 14.4. The molecule has 2 fully saturated rings. The number of benzene rings is 3. The minimum absolute atomic E-state index is 0. The lowest BCUT2D eigenvalue weighted by Gasteiger charge is -2.40. The average molecular weight is 1100 g/mol. The number of nitrogens with zero attached hydrogens (tertiary/aromatic N) is 15. The van der Waals surface area contributed by atoms with Crippen LogP contribution in [0.5, 0.6) is 0 Å². The van der Waals surface area contributed by atoms with Crippen molar-refractivity contribution in [2.45, 2.75) is 46.4 Å². The van der Waals surface area contributed by atoms with Crippen LogP contribution < -0.4 is 5.32 Å². The monoisotopic (exact) mass is 1090 g/mol. The van der Waals surface area contributed by atoms with Crippen molar-refractivity contribution in [1.29, 1.82) is 5.26 Å². The molecule has 1 N–H and O–H groups in total. The van der Waals surface area contributed by atoms with Crippen LogP contribution >= 0.6 is 35.0 Å². The van der Waals surface area contributed by atoms with Crippen molar-refractivity contribution in [3.63, 3.8) is 0 Å². The Morgan fingerprint density at radius 2 is 1.17 bits per heavy atom. The maximum atomic E-state index is 9.10. The highest BCUT2D eigenvalue weighted by Crippen LogP contribution is 2.43. The average Bonchev–Trinajstić information content (AvgIpc) is 4.02. The van der Waals surface area contributed by atoms with Crippen LogP contribution in [0.1, 0.15) is 82.9 Å². The Morgan fingerprint density at radius 3 is 1.60 bits per heavy atom. The van der Waals surface area contributed by atoms with Gasteiger partial charge in [0.25, 0.3) is 5.96 Å². The largest absolute Gasteiger partial charge is 0.343 e. The molecule has 4 aromatic heterocycles. The number of nitriles is 1. The molecule has 7 aromatic rings. The second kappa shape index (κ2) is 24.9. The third kappa shape index (κ3) is 11.9. The normalized spacial score (nSPS) is 17.3. The summed E-state index contributed by atoms with van der Waals surface area (Å²) in [5.41, 5.74) is 12.6. The van der Waals surface area contributed by atoms with E-state index in [1.807, 2.05) is 93.7 Å². The molecule has 0 bridgehead atoms. The first-order valence-electron chi connectivity index (χ1n) is 25.2. The number of hydrogen-bond acceptors (Lipinski definition) is 10. The molecule has 396 valence electrons. The first-order chi connectivity index (χ1) is 37.6. The van der Waals surface area contributed by atoms with Gasteiger partial charge in [0.15, 0.2) is 0 Å². The number of fused-ring (bicyclic) bond motifs is 4. The minimum Gasteiger partial charge on any atom is -0.343 e. The van der Waals surface area contributed by atoms with Crippen molar-refractivity contribution >= 4 is 75.1 Å². The molecule has 11 rings (SSSR count). The zero-order valence-corrected chi connectivity index (χ0v) is 45.1. The number of nitrogens with one attached hydrogen (secondary N) is 1. The number of rotatable bonds is 7. The van der Waals surface area contributed by atoms with Crippen molar-refractivity contribution in [3.8, 4) is 6.07 Å². The van der Waals surface area contributed by atoms with E-state index in [0.717, 1.165) is 106 Å². The number of guanidine groups is 1. The molecule has 19 heteroatoms. The van der Waals surface area contributed by atoms with Gasteiger partial charge in [-0.2, -0.15) is 18.4 Å². The smallest absolute Gasteiger partial charge is 0.285 e. The van der Waals surface area contributed by atoms with Crippen LogP contribution in [0.15, 0.2) is 132 Å². The highest BCUT2D eigenvalue weighted by atomic mass is 35.5. The fourth-order valence-corrected chi connectivity index (χ4v) is 11.5. The van der Waals surface area contributed by atoms with E-state index in [9.17, 15) is 0 Å². The molecule has 2 unspecified atom stereocenters. The molecule has 78 heavy (non-hydrogen) atoms. The van der Waals surface area contributed by atoms with Crippen LogP contribution in [-0.4, -0.2) is 118 Å². The fourth-order valence-electron chi connectivity index (χ4n) is 10.6. The second-order valence-corrected chi connectivity index (χ2v) is 20.5. The van der Waals surface area contributed by atoms with Gasteiger partial charge in [0.2, 0.25) is 5.17 Å². The topological polar surface area (TPSA) is 144 Å². The number of halogens is 2. The van der Waals surface area contributed by atoms with E-state index in [-0.39, 0.29) is 20.9 Å². The Kier molecular flexibility index (Phi) is 17.5. The SMILES string of the molecule is C.[C-]#[N+]/N=C(\Nc1ccc(C#N)cc1)N1CCN(C2c3ccc(Cl)cc3C(Cn3ccnc3C)=Cc3cccnc32)CC1.[C-]#[N+]/N=C(\SC)N1CCN(C2c3ccc(Cl)cc3C(Cn3ccnc3C)=Cc3cccnc32)CC1.[HH]. The molecular formula is C59H60Cl2N16S. The summed E-state index contributed by atoms with van der Waals surface area (Å²) in [4.78, 5) is 34.4. The molecule has 2 aliphatic carbocycles. The van der Waals surface area contributed by atoms with Gasteiger partial charge in [-0.3, -0.25) is 19.8 Å². The van der Waals surface area contributed by atoms with E-state index in [1.165, 1.54) is 28.5 Å². The van der Waals surface area contributed by atoms with Gasteiger partial charge in [-0.15, -0.1) is 9.91 Å². The van der Waals surface area contributed by atoms with Gasteiger partial charge >= 0.3 is 0 Å². The lowest BCUT2D eigenvalue weighted by molar-refractivity contribution is 0.148. The molecule has 2 saturated heterocycles. The Labute approximate surface area is 471 Å². The van der Waals surface area contributed by atoms with E-state index >= 15 is 0 Å². The summed E-state index contributed by atoms with van der Waals surface area (Å²) in [7, 11) is 0. The van der Waals surface area contributed by atoms with Gasteiger partial charge in [-0.25, -0.2) is 9.97 Å². The summed E-state index contributed by atoms with van der Waals surface area (Å²) < 4.78 is 4.30. The Hall–Kier alpha value is -8.08. The zero-order valence-electron chi connectivity index (χ0n) is 42.8. The van der Waals surface area contributed by atoms with Crippen molar-refractivity contribution < 1.29 is 1.43 Å². The van der Waals surface area contributed by atoms with Crippen molar-refractivity contribution in [2.24, 2.45) is 10.2 Å². The molecule has 0 spiro atoms. The number of aryl methyl sites for hydroxylation is 2. The molecule has 0 saturated carbocycles. The first kappa shape index (κ1) is 54.7. The number of allylic oxidation sites excluding steroid dienone is 2. The zero-order chi connectivity index (χ0) is 53.4. The van der Waals surface area contributed by atoms with Gasteiger partial charge < -0.3 is 24.3 Å². The number of pyridine rings is 2. The van der Waals surface area contributed by atoms with E-state index < -0.39 is 0 Å². The van der Waals surface area contributed by atoms with E-state index in [2.05, 4.69) is 119 Å². The Balaban J connectivity index is 0.000000206. The van der Waals surface area contributed by atoms with Gasteiger partial charge in [0.1, 0.15) is 21.9 Å². The molecule has 2 atom stereocenters. The highest BCUT2D eigenvalue weighted by Gasteiger charge is 2.36. The molecule has 4 aliphatic rings. The Bertz CT molecular complexity index is 3550. The summed E-state index contributed by atoms with van der Waals surface area (Å²) in [5.74, 6) is 2.43. The molecule has 0 radical (unpaired) electrons. The maximum Gasteiger partial charge on any atom is 0.285 e. The summed E-state index contributed by atoms with van der Waals surface area (Å²) in [5, 5.41) is 22.6. The number of aromatic nitrogens is 6. The number of amidine groups is 1. The second-order valence-electron chi connectivity index (χ2n) is 18.8. The predicted octanol–water partition coefficient (Wildman–Crippen LogP) is 11.6. The lowest BCUT2D eigenvalue weighted by Crippen LogP contribution is -2.51. The van der Waals surface area contributed by atoms with Crippen LogP contribution in [0.3, 0.4) is 0 Å². The highest BCUT2D eigenvalue weighted by molar-refractivity contribution is 8.13. The van der Waals surface area contributed by atoms with Crippen molar-refractivity contribution in [1.82, 2.24) is 48.7 Å². The van der Waals surface area contributed by atoms with Crippen LogP contribution in [0.4, 0.5) is 5.69 Å². The Morgan fingerprint density at radius 1 is 0.679 bits per heavy atom. The standard InChI is InChI=1S/C32H28ClN9.C26H26ClN7S.CH4.H2/c1-22-36-12-13-42(22)21-25-18-24-4-3-11-37-30(24)31(28-10-7-26(33)19-29(25)28)40-14-16-41(17-15-40)32(39-35-2)38-27-8-5-23(20-34)6-9-27;1-18-29-9-10-34(18)17-20-15-19-5-4-8-30-24(19)25(22-7-6-21(27)16-23(20)22)32-11-13-33(14-12-32)26(35-3)31-28-2;;/h3-13,18-19,31H,14-17,21H2,1H3,(H,38,39);4-10,15-16,25H,11-14,17H2,1,3H3;1H4;1H/b;31-26-;;. The van der Waals surface area contributed by atoms with Gasteiger partial charge in [-0.1, -0.05) is 66.7 Å². The predicted molar refractivity (Wildman–Crippen MR) is 316 cm³/mol. The number of anilines is 1.